The zero-order chi connectivity index (χ0) is 13.1. The van der Waals surface area contributed by atoms with Gasteiger partial charge < -0.3 is 10.4 Å². The third-order valence-electron chi connectivity index (χ3n) is 3.77. The summed E-state index contributed by atoms with van der Waals surface area (Å²) in [6.45, 7) is 3.98. The molecule has 1 aliphatic heterocycles. The molecule has 3 nitrogen and oxygen atoms in total. The van der Waals surface area contributed by atoms with Crippen molar-refractivity contribution in [2.45, 2.75) is 31.8 Å². The molecular formula is C14H21FN2O. The Labute approximate surface area is 108 Å². The highest BCUT2D eigenvalue weighted by atomic mass is 19.1. The average molecular weight is 252 g/mol. The molecule has 2 atom stereocenters. The van der Waals surface area contributed by atoms with Crippen LogP contribution in [0.3, 0.4) is 0 Å². The second-order valence-corrected chi connectivity index (χ2v) is 5.11. The number of aromatic hydroxyl groups is 1. The summed E-state index contributed by atoms with van der Waals surface area (Å²) >= 11 is 0. The fraction of sp³-hybridized carbons (Fsp3) is 0.571. The van der Waals surface area contributed by atoms with E-state index in [9.17, 15) is 9.50 Å². The number of hydrogen-bond acceptors (Lipinski definition) is 3. The van der Waals surface area contributed by atoms with Gasteiger partial charge in [0.25, 0.3) is 0 Å². The van der Waals surface area contributed by atoms with Gasteiger partial charge in [-0.05, 0) is 51.6 Å². The van der Waals surface area contributed by atoms with Crippen LogP contribution in [0, 0.1) is 5.82 Å². The van der Waals surface area contributed by atoms with Crippen molar-refractivity contribution in [1.82, 2.24) is 10.2 Å². The summed E-state index contributed by atoms with van der Waals surface area (Å²) in [5, 5.41) is 13.2. The number of phenolic OH excluding ortho intramolecular Hbond substituents is 1. The average Bonchev–Trinajstić information content (AvgIpc) is 2.84. The molecule has 1 heterocycles. The highest BCUT2D eigenvalue weighted by Gasteiger charge is 2.21. The van der Waals surface area contributed by atoms with Gasteiger partial charge in [0.2, 0.25) is 0 Å². The van der Waals surface area contributed by atoms with E-state index in [0.717, 1.165) is 13.1 Å². The zero-order valence-electron chi connectivity index (χ0n) is 11.0. The van der Waals surface area contributed by atoms with Crippen molar-refractivity contribution in [1.29, 1.82) is 0 Å². The largest absolute Gasteiger partial charge is 0.508 e. The van der Waals surface area contributed by atoms with Gasteiger partial charge in [-0.1, -0.05) is 0 Å². The fourth-order valence-electron chi connectivity index (χ4n) is 2.52. The van der Waals surface area contributed by atoms with Crippen molar-refractivity contribution in [3.63, 3.8) is 0 Å². The first-order chi connectivity index (χ1) is 8.58. The van der Waals surface area contributed by atoms with E-state index in [1.807, 2.05) is 14.0 Å². The minimum absolute atomic E-state index is 0.00287. The third kappa shape index (κ3) is 3.00. The molecule has 2 unspecified atom stereocenters. The topological polar surface area (TPSA) is 35.5 Å². The van der Waals surface area contributed by atoms with Crippen molar-refractivity contribution in [2.75, 3.05) is 20.1 Å². The number of nitrogens with one attached hydrogen (secondary N) is 1. The molecule has 0 saturated carbocycles. The number of halogens is 1. The Morgan fingerprint density at radius 2 is 2.33 bits per heavy atom. The van der Waals surface area contributed by atoms with Crippen molar-refractivity contribution in [3.05, 3.63) is 29.6 Å². The van der Waals surface area contributed by atoms with E-state index in [4.69, 9.17) is 0 Å². The molecule has 0 bridgehead atoms. The first-order valence-corrected chi connectivity index (χ1v) is 6.50. The van der Waals surface area contributed by atoms with E-state index in [1.54, 1.807) is 0 Å². The molecule has 1 fully saturated rings. The number of rotatable bonds is 4. The molecular weight excluding hydrogens is 231 g/mol. The lowest BCUT2D eigenvalue weighted by Crippen LogP contribution is -2.36. The maximum Gasteiger partial charge on any atom is 0.123 e. The van der Waals surface area contributed by atoms with Crippen LogP contribution in [0.25, 0.3) is 0 Å². The molecule has 0 aromatic heterocycles. The van der Waals surface area contributed by atoms with Crippen LogP contribution in [0.15, 0.2) is 18.2 Å². The van der Waals surface area contributed by atoms with Gasteiger partial charge in [-0.15, -0.1) is 0 Å². The molecule has 0 amide bonds. The van der Waals surface area contributed by atoms with Gasteiger partial charge in [0, 0.05) is 24.2 Å². The van der Waals surface area contributed by atoms with Crippen molar-refractivity contribution < 1.29 is 9.50 Å². The van der Waals surface area contributed by atoms with Crippen molar-refractivity contribution >= 4 is 0 Å². The van der Waals surface area contributed by atoms with Gasteiger partial charge in [0.15, 0.2) is 0 Å². The van der Waals surface area contributed by atoms with Crippen LogP contribution in [0.4, 0.5) is 4.39 Å². The minimum Gasteiger partial charge on any atom is -0.508 e. The van der Waals surface area contributed by atoms with E-state index in [0.29, 0.717) is 11.6 Å². The van der Waals surface area contributed by atoms with Crippen molar-refractivity contribution in [2.24, 2.45) is 0 Å². The first-order valence-electron chi connectivity index (χ1n) is 6.50. The van der Waals surface area contributed by atoms with Crippen LogP contribution in [0.2, 0.25) is 0 Å². The van der Waals surface area contributed by atoms with Gasteiger partial charge >= 0.3 is 0 Å². The quantitative estimate of drug-likeness (QED) is 0.863. The molecule has 4 heteroatoms. The van der Waals surface area contributed by atoms with Gasteiger partial charge in [-0.2, -0.15) is 0 Å². The van der Waals surface area contributed by atoms with Crippen LogP contribution in [0.5, 0.6) is 5.75 Å². The van der Waals surface area contributed by atoms with Gasteiger partial charge in [-0.25, -0.2) is 4.39 Å². The maximum atomic E-state index is 13.2. The Morgan fingerprint density at radius 3 is 3.00 bits per heavy atom. The maximum absolute atomic E-state index is 13.2. The Kier molecular flexibility index (Phi) is 4.19. The highest BCUT2D eigenvalue weighted by molar-refractivity contribution is 5.34. The van der Waals surface area contributed by atoms with Crippen molar-refractivity contribution in [3.8, 4) is 5.75 Å². The summed E-state index contributed by atoms with van der Waals surface area (Å²) in [6, 6.07) is 4.63. The zero-order valence-corrected chi connectivity index (χ0v) is 11.0. The molecule has 1 saturated heterocycles. The lowest BCUT2D eigenvalue weighted by Gasteiger charge is -2.28. The number of nitrogens with zero attached hydrogens (tertiary/aromatic N) is 1. The Morgan fingerprint density at radius 1 is 1.56 bits per heavy atom. The van der Waals surface area contributed by atoms with Gasteiger partial charge in [-0.3, -0.25) is 4.90 Å². The molecule has 0 aliphatic carbocycles. The van der Waals surface area contributed by atoms with E-state index in [1.165, 1.54) is 31.0 Å². The van der Waals surface area contributed by atoms with E-state index >= 15 is 0 Å². The predicted octanol–water partition coefficient (Wildman–Crippen LogP) is 2.28. The van der Waals surface area contributed by atoms with Crippen LogP contribution in [-0.2, 0) is 0 Å². The molecule has 100 valence electrons. The highest BCUT2D eigenvalue weighted by Crippen LogP contribution is 2.28. The summed E-state index contributed by atoms with van der Waals surface area (Å²) in [5.41, 5.74) is 0.649. The fourth-order valence-corrected chi connectivity index (χ4v) is 2.52. The number of phenols is 1. The van der Waals surface area contributed by atoms with Gasteiger partial charge in [0.05, 0.1) is 0 Å². The van der Waals surface area contributed by atoms with Crippen LogP contribution in [0.1, 0.15) is 31.4 Å². The predicted molar refractivity (Wildman–Crippen MR) is 70.1 cm³/mol. The molecule has 1 aromatic carbocycles. The Bertz CT molecular complexity index is 405. The monoisotopic (exact) mass is 252 g/mol. The summed E-state index contributed by atoms with van der Waals surface area (Å²) in [7, 11) is 2.01. The second-order valence-electron chi connectivity index (χ2n) is 5.11. The minimum atomic E-state index is -0.304. The SMILES string of the molecule is CC(c1cc(F)ccc1O)N(C)CC1CCCN1. The summed E-state index contributed by atoms with van der Waals surface area (Å²) in [4.78, 5) is 2.15. The standard InChI is InChI=1S/C14H21FN2O/c1-10(13-8-11(15)5-6-14(13)18)17(2)9-12-4-3-7-16-12/h5-6,8,10,12,16,18H,3-4,7,9H2,1-2H3. The first kappa shape index (κ1) is 13.3. The Hall–Kier alpha value is -1.13. The summed E-state index contributed by atoms with van der Waals surface area (Å²) < 4.78 is 13.2. The normalized spacial score (nSPS) is 21.4. The molecule has 1 aromatic rings. The second kappa shape index (κ2) is 5.67. The molecule has 0 spiro atoms. The van der Waals surface area contributed by atoms with E-state index in [-0.39, 0.29) is 17.6 Å². The van der Waals surface area contributed by atoms with Crippen LogP contribution >= 0.6 is 0 Å². The van der Waals surface area contributed by atoms with E-state index in [2.05, 4.69) is 10.2 Å². The number of hydrogen-bond donors (Lipinski definition) is 2. The molecule has 0 radical (unpaired) electrons. The number of benzene rings is 1. The lowest BCUT2D eigenvalue weighted by molar-refractivity contribution is 0.233. The summed E-state index contributed by atoms with van der Waals surface area (Å²) in [5.74, 6) is -0.142. The molecule has 18 heavy (non-hydrogen) atoms. The smallest absolute Gasteiger partial charge is 0.123 e. The van der Waals surface area contributed by atoms with Gasteiger partial charge in [0.1, 0.15) is 11.6 Å². The summed E-state index contributed by atoms with van der Waals surface area (Å²) in [6.07, 6.45) is 2.41. The van der Waals surface area contributed by atoms with Crippen LogP contribution < -0.4 is 5.32 Å². The Balaban J connectivity index is 2.04. The third-order valence-corrected chi connectivity index (χ3v) is 3.77. The van der Waals surface area contributed by atoms with E-state index < -0.39 is 0 Å². The van der Waals surface area contributed by atoms with Crippen LogP contribution in [-0.4, -0.2) is 36.2 Å². The molecule has 2 rings (SSSR count). The molecule has 2 N–H and O–H groups in total. The molecule has 1 aliphatic rings. The number of likely N-dealkylation sites (N-methyl/N-ethyl adjacent to an activating group) is 1. The lowest BCUT2D eigenvalue weighted by atomic mass is 10.0.